The molecular formula is C9H15NOS2. The van der Waals surface area contributed by atoms with Crippen molar-refractivity contribution in [1.82, 2.24) is 4.90 Å². The third kappa shape index (κ3) is 2.00. The lowest BCUT2D eigenvalue weighted by molar-refractivity contribution is 0.183. The number of thiocarbonyl (C=S) groups is 1. The van der Waals surface area contributed by atoms with Gasteiger partial charge >= 0.3 is 0 Å². The van der Waals surface area contributed by atoms with Crippen molar-refractivity contribution in [1.29, 1.82) is 0 Å². The van der Waals surface area contributed by atoms with Gasteiger partial charge < -0.3 is 10.0 Å². The zero-order valence-electron chi connectivity index (χ0n) is 7.77. The van der Waals surface area contributed by atoms with Crippen molar-refractivity contribution in [3.63, 3.8) is 0 Å². The number of hydrogen-bond donors (Lipinski definition) is 1. The Balaban J connectivity index is 1.95. The Morgan fingerprint density at radius 3 is 2.38 bits per heavy atom. The number of aliphatic hydroxyl groups is 1. The molecule has 0 aliphatic carbocycles. The van der Waals surface area contributed by atoms with E-state index < -0.39 is 0 Å². The van der Waals surface area contributed by atoms with Crippen molar-refractivity contribution in [2.75, 3.05) is 7.05 Å². The number of piperidine rings is 1. The van der Waals surface area contributed by atoms with E-state index in [0.29, 0.717) is 5.25 Å². The van der Waals surface area contributed by atoms with Crippen LogP contribution in [0, 0.1) is 0 Å². The highest BCUT2D eigenvalue weighted by molar-refractivity contribution is 8.22. The SMILES string of the molecule is CN1C2CCC1CC(SC(O)=S)C2. The molecule has 0 amide bonds. The number of thioether (sulfide) groups is 1. The normalized spacial score (nSPS) is 39.3. The quantitative estimate of drug-likeness (QED) is 0.680. The summed E-state index contributed by atoms with van der Waals surface area (Å²) in [6.07, 6.45) is 5.05. The van der Waals surface area contributed by atoms with Crippen LogP contribution in [0.3, 0.4) is 0 Å². The summed E-state index contributed by atoms with van der Waals surface area (Å²) in [5, 5.41) is 9.61. The predicted octanol–water partition coefficient (Wildman–Crippen LogP) is 2.19. The van der Waals surface area contributed by atoms with Gasteiger partial charge in [0.15, 0.2) is 0 Å². The first-order chi connectivity index (χ1) is 6.16. The van der Waals surface area contributed by atoms with E-state index in [0.717, 1.165) is 12.1 Å². The molecule has 1 N–H and O–H groups in total. The first kappa shape index (κ1) is 9.74. The second-order valence-corrected chi connectivity index (χ2v) is 5.96. The lowest BCUT2D eigenvalue weighted by Crippen LogP contribution is -2.41. The van der Waals surface area contributed by atoms with E-state index in [4.69, 9.17) is 17.3 Å². The van der Waals surface area contributed by atoms with Gasteiger partial charge in [0.1, 0.15) is 0 Å². The third-order valence-corrected chi connectivity index (χ3v) is 4.53. The van der Waals surface area contributed by atoms with Gasteiger partial charge in [-0.05, 0) is 44.9 Å². The van der Waals surface area contributed by atoms with E-state index in [1.807, 2.05) is 0 Å². The number of rotatable bonds is 1. The summed E-state index contributed by atoms with van der Waals surface area (Å²) in [6.45, 7) is 0. The molecule has 2 bridgehead atoms. The van der Waals surface area contributed by atoms with Crippen molar-refractivity contribution >= 4 is 28.4 Å². The average Bonchev–Trinajstić information content (AvgIpc) is 2.33. The second kappa shape index (κ2) is 3.75. The molecule has 0 saturated carbocycles. The van der Waals surface area contributed by atoms with Crippen LogP contribution in [0.4, 0.5) is 0 Å². The van der Waals surface area contributed by atoms with Gasteiger partial charge in [-0.2, -0.15) is 0 Å². The van der Waals surface area contributed by atoms with Gasteiger partial charge in [0, 0.05) is 17.3 Å². The molecule has 2 fully saturated rings. The van der Waals surface area contributed by atoms with E-state index in [-0.39, 0.29) is 4.38 Å². The summed E-state index contributed by atoms with van der Waals surface area (Å²) in [5.74, 6) is 0. The summed E-state index contributed by atoms with van der Waals surface area (Å²) in [7, 11) is 2.22. The van der Waals surface area contributed by atoms with E-state index in [1.54, 1.807) is 0 Å². The molecule has 0 aromatic carbocycles. The molecule has 2 nitrogen and oxygen atoms in total. The molecule has 13 heavy (non-hydrogen) atoms. The van der Waals surface area contributed by atoms with Crippen LogP contribution in [0.25, 0.3) is 0 Å². The third-order valence-electron chi connectivity index (χ3n) is 3.32. The summed E-state index contributed by atoms with van der Waals surface area (Å²) in [4.78, 5) is 2.50. The van der Waals surface area contributed by atoms with Crippen LogP contribution < -0.4 is 0 Å². The van der Waals surface area contributed by atoms with E-state index in [2.05, 4.69) is 11.9 Å². The number of nitrogens with zero attached hydrogens (tertiary/aromatic N) is 1. The minimum atomic E-state index is 0.119. The molecule has 0 aromatic heterocycles. The Bertz CT molecular complexity index is 208. The summed E-state index contributed by atoms with van der Waals surface area (Å²) in [5.41, 5.74) is 0. The molecule has 74 valence electrons. The van der Waals surface area contributed by atoms with E-state index >= 15 is 0 Å². The van der Waals surface area contributed by atoms with Gasteiger partial charge in [-0.3, -0.25) is 0 Å². The molecule has 4 heteroatoms. The molecule has 2 saturated heterocycles. The van der Waals surface area contributed by atoms with Crippen LogP contribution in [0.1, 0.15) is 25.7 Å². The van der Waals surface area contributed by atoms with Gasteiger partial charge in [0.25, 0.3) is 0 Å². The molecule has 2 heterocycles. The summed E-state index contributed by atoms with van der Waals surface area (Å²) >= 11 is 6.19. The minimum absolute atomic E-state index is 0.119. The molecular weight excluding hydrogens is 202 g/mol. The molecule has 2 aliphatic heterocycles. The first-order valence-electron chi connectivity index (χ1n) is 4.78. The Kier molecular flexibility index (Phi) is 2.81. The van der Waals surface area contributed by atoms with Crippen LogP contribution >= 0.6 is 24.0 Å². The molecule has 2 atom stereocenters. The fourth-order valence-electron chi connectivity index (χ4n) is 2.60. The van der Waals surface area contributed by atoms with Gasteiger partial charge in [-0.1, -0.05) is 11.8 Å². The zero-order valence-corrected chi connectivity index (χ0v) is 9.40. The van der Waals surface area contributed by atoms with Gasteiger partial charge in [-0.25, -0.2) is 0 Å². The van der Waals surface area contributed by atoms with E-state index in [1.165, 1.54) is 37.4 Å². The first-order valence-corrected chi connectivity index (χ1v) is 6.07. The van der Waals surface area contributed by atoms with Crippen molar-refractivity contribution in [2.24, 2.45) is 0 Å². The van der Waals surface area contributed by atoms with Gasteiger partial charge in [-0.15, -0.1) is 0 Å². The fraction of sp³-hybridized carbons (Fsp3) is 0.889. The van der Waals surface area contributed by atoms with Crippen LogP contribution in [-0.4, -0.2) is 38.8 Å². The second-order valence-electron chi connectivity index (χ2n) is 4.03. The summed E-state index contributed by atoms with van der Waals surface area (Å²) in [6, 6.07) is 1.48. The predicted molar refractivity (Wildman–Crippen MR) is 60.4 cm³/mol. The lowest BCUT2D eigenvalue weighted by atomic mass is 10.0. The highest BCUT2D eigenvalue weighted by Crippen LogP contribution is 2.39. The molecule has 0 spiro atoms. The Morgan fingerprint density at radius 1 is 1.38 bits per heavy atom. The monoisotopic (exact) mass is 217 g/mol. The fourth-order valence-corrected chi connectivity index (χ4v) is 3.93. The highest BCUT2D eigenvalue weighted by Gasteiger charge is 2.38. The number of aliphatic hydroxyl groups excluding tert-OH is 1. The molecule has 0 radical (unpaired) electrons. The van der Waals surface area contributed by atoms with E-state index in [9.17, 15) is 0 Å². The van der Waals surface area contributed by atoms with Crippen molar-refractivity contribution < 1.29 is 5.11 Å². The maximum atomic E-state index is 9.04. The Morgan fingerprint density at radius 2 is 1.92 bits per heavy atom. The minimum Gasteiger partial charge on any atom is -0.494 e. The molecule has 2 unspecified atom stereocenters. The Labute approximate surface area is 88.7 Å². The van der Waals surface area contributed by atoms with Crippen LogP contribution in [-0.2, 0) is 0 Å². The maximum Gasteiger partial charge on any atom is 0.217 e. The molecule has 2 aliphatic rings. The largest absolute Gasteiger partial charge is 0.494 e. The summed E-state index contributed by atoms with van der Waals surface area (Å²) < 4.78 is 0.119. The average molecular weight is 217 g/mol. The standard InChI is InChI=1S/C9H15NOS2/c1-10-6-2-3-7(10)5-8(4-6)13-9(11)12/h6-8H,2-5H2,1H3,(H,11,12). The van der Waals surface area contributed by atoms with Gasteiger partial charge in [0.2, 0.25) is 4.38 Å². The van der Waals surface area contributed by atoms with Crippen molar-refractivity contribution in [2.45, 2.75) is 43.0 Å². The van der Waals surface area contributed by atoms with Crippen molar-refractivity contribution in [3.05, 3.63) is 0 Å². The zero-order chi connectivity index (χ0) is 9.42. The highest BCUT2D eigenvalue weighted by atomic mass is 32.2. The van der Waals surface area contributed by atoms with Crippen LogP contribution in [0.5, 0.6) is 0 Å². The molecule has 0 aromatic rings. The smallest absolute Gasteiger partial charge is 0.217 e. The Hall–Kier alpha value is 0.200. The van der Waals surface area contributed by atoms with Crippen LogP contribution in [0.15, 0.2) is 0 Å². The molecule has 2 rings (SSSR count). The maximum absolute atomic E-state index is 9.04. The topological polar surface area (TPSA) is 23.5 Å². The number of hydrogen-bond acceptors (Lipinski definition) is 3. The lowest BCUT2D eigenvalue weighted by Gasteiger charge is -2.35. The van der Waals surface area contributed by atoms with Gasteiger partial charge in [0.05, 0.1) is 0 Å². The van der Waals surface area contributed by atoms with Crippen LogP contribution in [0.2, 0.25) is 0 Å². The number of fused-ring (bicyclic) bond motifs is 2. The van der Waals surface area contributed by atoms with Crippen molar-refractivity contribution in [3.8, 4) is 0 Å².